The predicted octanol–water partition coefficient (Wildman–Crippen LogP) is -0.725. The highest BCUT2D eigenvalue weighted by atomic mass is 16.2. The fourth-order valence-electron chi connectivity index (χ4n) is 3.00. The van der Waals surface area contributed by atoms with E-state index < -0.39 is 0 Å². The zero-order chi connectivity index (χ0) is 12.4. The molecule has 0 atom stereocenters. The third kappa shape index (κ3) is 2.22. The molecule has 7 heteroatoms. The minimum absolute atomic E-state index is 0.123. The summed E-state index contributed by atoms with van der Waals surface area (Å²) in [5.74, 6) is 0.123. The van der Waals surface area contributed by atoms with Crippen molar-refractivity contribution >= 4 is 5.91 Å². The largest absolute Gasteiger partial charge is 0.341 e. The summed E-state index contributed by atoms with van der Waals surface area (Å²) in [5.41, 5.74) is 0.363. The normalized spacial score (nSPS) is 22.6. The molecule has 3 heterocycles. The molecule has 3 rings (SSSR count). The third-order valence-electron chi connectivity index (χ3n) is 4.14. The van der Waals surface area contributed by atoms with Crippen LogP contribution in [0.4, 0.5) is 0 Å². The van der Waals surface area contributed by atoms with Crippen LogP contribution in [0.25, 0.3) is 0 Å². The molecule has 0 bridgehead atoms. The summed E-state index contributed by atoms with van der Waals surface area (Å²) >= 11 is 0. The minimum atomic E-state index is 0.123. The number of aromatic nitrogens is 4. The molecule has 2 aliphatic heterocycles. The Morgan fingerprint density at radius 3 is 2.89 bits per heavy atom. The van der Waals surface area contributed by atoms with Gasteiger partial charge in [-0.1, -0.05) is 0 Å². The Labute approximate surface area is 106 Å². The van der Waals surface area contributed by atoms with Gasteiger partial charge >= 0.3 is 0 Å². The monoisotopic (exact) mass is 250 g/mol. The van der Waals surface area contributed by atoms with Crippen molar-refractivity contribution in [2.24, 2.45) is 5.41 Å². The molecule has 1 aromatic heterocycles. The van der Waals surface area contributed by atoms with Gasteiger partial charge in [-0.15, -0.1) is 5.10 Å². The van der Waals surface area contributed by atoms with E-state index in [9.17, 15) is 4.79 Å². The molecule has 0 aromatic carbocycles. The third-order valence-corrected chi connectivity index (χ3v) is 4.14. The molecule has 0 unspecified atom stereocenters. The van der Waals surface area contributed by atoms with Gasteiger partial charge in [-0.25, -0.2) is 4.68 Å². The van der Waals surface area contributed by atoms with E-state index in [1.807, 2.05) is 4.90 Å². The second-order valence-electron chi connectivity index (χ2n) is 5.32. The molecule has 2 fully saturated rings. The molecule has 2 saturated heterocycles. The Morgan fingerprint density at radius 2 is 2.17 bits per heavy atom. The first-order valence-electron chi connectivity index (χ1n) is 6.47. The van der Waals surface area contributed by atoms with Crippen LogP contribution in [0.15, 0.2) is 6.33 Å². The Balaban J connectivity index is 1.59. The smallest absolute Gasteiger partial charge is 0.244 e. The van der Waals surface area contributed by atoms with Crippen molar-refractivity contribution in [1.29, 1.82) is 0 Å². The topological polar surface area (TPSA) is 75.9 Å². The molecule has 0 aliphatic carbocycles. The van der Waals surface area contributed by atoms with E-state index in [0.717, 1.165) is 32.6 Å². The maximum atomic E-state index is 12.1. The number of nitrogens with one attached hydrogen (secondary N) is 1. The molecule has 1 N–H and O–H groups in total. The van der Waals surface area contributed by atoms with E-state index in [-0.39, 0.29) is 12.5 Å². The van der Waals surface area contributed by atoms with Crippen molar-refractivity contribution in [2.45, 2.75) is 25.8 Å². The fraction of sp³-hybridized carbons (Fsp3) is 0.818. The lowest BCUT2D eigenvalue weighted by atomic mass is 9.78. The maximum Gasteiger partial charge on any atom is 0.244 e. The number of carbonyl (C=O) groups is 1. The van der Waals surface area contributed by atoms with Gasteiger partial charge in [0.25, 0.3) is 0 Å². The van der Waals surface area contributed by atoms with Crippen molar-refractivity contribution in [3.63, 3.8) is 0 Å². The molecular formula is C11H18N6O. The van der Waals surface area contributed by atoms with Gasteiger partial charge in [-0.3, -0.25) is 4.79 Å². The Morgan fingerprint density at radius 1 is 1.33 bits per heavy atom. The van der Waals surface area contributed by atoms with Crippen LogP contribution in [-0.4, -0.2) is 57.2 Å². The SMILES string of the molecule is O=C(Cn1cnnn1)N1CCC2(CCNCC2)C1. The van der Waals surface area contributed by atoms with Crippen molar-refractivity contribution in [3.8, 4) is 0 Å². The number of hydrogen-bond donors (Lipinski definition) is 1. The summed E-state index contributed by atoms with van der Waals surface area (Å²) in [6.45, 7) is 4.18. The molecule has 7 nitrogen and oxygen atoms in total. The van der Waals surface area contributed by atoms with E-state index in [0.29, 0.717) is 5.41 Å². The number of amides is 1. The van der Waals surface area contributed by atoms with Crippen LogP contribution in [0, 0.1) is 5.41 Å². The first-order chi connectivity index (χ1) is 8.77. The number of nitrogens with zero attached hydrogens (tertiary/aromatic N) is 5. The van der Waals surface area contributed by atoms with Crippen LogP contribution in [-0.2, 0) is 11.3 Å². The number of likely N-dealkylation sites (tertiary alicyclic amines) is 1. The predicted molar refractivity (Wildman–Crippen MR) is 63.6 cm³/mol. The zero-order valence-electron chi connectivity index (χ0n) is 10.4. The van der Waals surface area contributed by atoms with E-state index >= 15 is 0 Å². The zero-order valence-corrected chi connectivity index (χ0v) is 10.4. The van der Waals surface area contributed by atoms with Crippen molar-refractivity contribution in [1.82, 2.24) is 30.4 Å². The molecule has 0 radical (unpaired) electrons. The average Bonchev–Trinajstić information content (AvgIpc) is 3.01. The number of rotatable bonds is 2. The summed E-state index contributed by atoms with van der Waals surface area (Å²) < 4.78 is 1.48. The lowest BCUT2D eigenvalue weighted by molar-refractivity contribution is -0.131. The lowest BCUT2D eigenvalue weighted by Crippen LogP contribution is -2.40. The summed E-state index contributed by atoms with van der Waals surface area (Å²) in [4.78, 5) is 14.1. The molecule has 18 heavy (non-hydrogen) atoms. The average molecular weight is 250 g/mol. The quantitative estimate of drug-likeness (QED) is 0.749. The molecule has 98 valence electrons. The van der Waals surface area contributed by atoms with E-state index in [4.69, 9.17) is 0 Å². The molecule has 1 amide bonds. The number of hydrogen-bond acceptors (Lipinski definition) is 5. The Hall–Kier alpha value is -1.50. The van der Waals surface area contributed by atoms with Crippen molar-refractivity contribution in [3.05, 3.63) is 6.33 Å². The van der Waals surface area contributed by atoms with Crippen LogP contribution in [0.3, 0.4) is 0 Å². The van der Waals surface area contributed by atoms with E-state index in [1.165, 1.54) is 23.9 Å². The highest BCUT2D eigenvalue weighted by molar-refractivity contribution is 5.76. The Bertz CT molecular complexity index is 411. The maximum absolute atomic E-state index is 12.1. The summed E-state index contributed by atoms with van der Waals surface area (Å²) in [7, 11) is 0. The van der Waals surface area contributed by atoms with Gasteiger partial charge < -0.3 is 10.2 Å². The van der Waals surface area contributed by atoms with E-state index in [1.54, 1.807) is 0 Å². The van der Waals surface area contributed by atoms with Gasteiger partial charge in [-0.05, 0) is 48.2 Å². The summed E-state index contributed by atoms with van der Waals surface area (Å²) in [6, 6.07) is 0. The minimum Gasteiger partial charge on any atom is -0.341 e. The molecule has 2 aliphatic rings. The van der Waals surface area contributed by atoms with Crippen LogP contribution >= 0.6 is 0 Å². The van der Waals surface area contributed by atoms with Gasteiger partial charge in [0.15, 0.2) is 0 Å². The van der Waals surface area contributed by atoms with Crippen LogP contribution in [0.1, 0.15) is 19.3 Å². The summed E-state index contributed by atoms with van der Waals surface area (Å²) in [5, 5.41) is 14.2. The van der Waals surface area contributed by atoms with Gasteiger partial charge in [0.1, 0.15) is 12.9 Å². The number of carbonyl (C=O) groups excluding carboxylic acids is 1. The van der Waals surface area contributed by atoms with Crippen molar-refractivity contribution < 1.29 is 4.79 Å². The Kier molecular flexibility index (Phi) is 2.99. The number of tetrazole rings is 1. The molecule has 0 saturated carbocycles. The second kappa shape index (κ2) is 4.64. The first-order valence-corrected chi connectivity index (χ1v) is 6.47. The van der Waals surface area contributed by atoms with Gasteiger partial charge in [0.2, 0.25) is 5.91 Å². The fourth-order valence-corrected chi connectivity index (χ4v) is 3.00. The van der Waals surface area contributed by atoms with Gasteiger partial charge in [0, 0.05) is 13.1 Å². The van der Waals surface area contributed by atoms with Crippen LogP contribution in [0.5, 0.6) is 0 Å². The van der Waals surface area contributed by atoms with Crippen LogP contribution < -0.4 is 5.32 Å². The van der Waals surface area contributed by atoms with Crippen LogP contribution in [0.2, 0.25) is 0 Å². The van der Waals surface area contributed by atoms with Crippen molar-refractivity contribution in [2.75, 3.05) is 26.2 Å². The molecule has 1 aromatic rings. The highest BCUT2D eigenvalue weighted by Crippen LogP contribution is 2.38. The lowest BCUT2D eigenvalue weighted by Gasteiger charge is -2.33. The molecular weight excluding hydrogens is 232 g/mol. The van der Waals surface area contributed by atoms with Gasteiger partial charge in [0.05, 0.1) is 0 Å². The second-order valence-corrected chi connectivity index (χ2v) is 5.32. The van der Waals surface area contributed by atoms with E-state index in [2.05, 4.69) is 20.8 Å². The highest BCUT2D eigenvalue weighted by Gasteiger charge is 2.40. The molecule has 1 spiro atoms. The number of piperidine rings is 1. The standard InChI is InChI=1S/C11H18N6O/c18-10(7-17-9-13-14-15-17)16-6-3-11(8-16)1-4-12-5-2-11/h9,12H,1-8H2. The first kappa shape index (κ1) is 11.6. The summed E-state index contributed by atoms with van der Waals surface area (Å²) in [6.07, 6.45) is 4.98. The van der Waals surface area contributed by atoms with Gasteiger partial charge in [-0.2, -0.15) is 0 Å².